The summed E-state index contributed by atoms with van der Waals surface area (Å²) in [7, 11) is 0. The smallest absolute Gasteiger partial charge is 0.306 e. The number of hydrogen-bond acceptors (Lipinski definition) is 9. The standard InChI is InChI=1S/C29H35FN6O6/c30-19-8-6-18(7-9-19)12-20(33)28(40)36-27(34-16-32)21-10-11-23(35-21)29(15-31)26(39)25(22(14-37)42-29)41-24(38)13-17-4-2-1-3-5-17/h6-11,16-17,20,22,25-26,35,37,39H,1-5,12-14,33H2,(H2,32,34,36,40)/t20-,22+,25+,26+,29-/m0/s1. The van der Waals surface area contributed by atoms with E-state index in [2.05, 4.69) is 15.3 Å². The fourth-order valence-electron chi connectivity index (χ4n) is 5.45. The number of nitrogens with two attached hydrogens (primary N) is 1. The minimum absolute atomic E-state index is 0.0549. The zero-order valence-electron chi connectivity index (χ0n) is 23.0. The summed E-state index contributed by atoms with van der Waals surface area (Å²) in [6.45, 7) is -0.613. The number of nitrogens with one attached hydrogen (secondary N) is 3. The molecule has 2 fully saturated rings. The van der Waals surface area contributed by atoms with Gasteiger partial charge in [-0.3, -0.25) is 15.0 Å². The van der Waals surface area contributed by atoms with Gasteiger partial charge in [0, 0.05) is 6.42 Å². The Morgan fingerprint density at radius 1 is 1.29 bits per heavy atom. The van der Waals surface area contributed by atoms with E-state index in [0.717, 1.165) is 32.1 Å². The van der Waals surface area contributed by atoms with Crippen LogP contribution in [0.4, 0.5) is 4.39 Å². The summed E-state index contributed by atoms with van der Waals surface area (Å²) in [4.78, 5) is 32.3. The van der Waals surface area contributed by atoms with Crippen LogP contribution in [0.25, 0.3) is 0 Å². The number of carbonyl (C=O) groups excluding carboxylic acids is 2. The van der Waals surface area contributed by atoms with E-state index >= 15 is 0 Å². The summed E-state index contributed by atoms with van der Waals surface area (Å²) < 4.78 is 24.6. The summed E-state index contributed by atoms with van der Waals surface area (Å²) in [5.74, 6) is -1.48. The molecule has 0 radical (unpaired) electrons. The van der Waals surface area contributed by atoms with Crippen molar-refractivity contribution >= 4 is 24.1 Å². The Labute approximate surface area is 242 Å². The average molecular weight is 583 g/mol. The van der Waals surface area contributed by atoms with Crippen molar-refractivity contribution in [1.29, 1.82) is 10.7 Å². The van der Waals surface area contributed by atoms with Gasteiger partial charge in [0.1, 0.15) is 30.4 Å². The highest BCUT2D eigenvalue weighted by Gasteiger charge is 2.58. The Morgan fingerprint density at radius 3 is 2.64 bits per heavy atom. The normalized spacial score (nSPS) is 25.4. The lowest BCUT2D eigenvalue weighted by Crippen LogP contribution is -2.45. The number of aliphatic hydroxyl groups is 2. The maximum absolute atomic E-state index is 13.2. The van der Waals surface area contributed by atoms with Crippen LogP contribution in [0.5, 0.6) is 0 Å². The lowest BCUT2D eigenvalue weighted by molar-refractivity contribution is -0.158. The second kappa shape index (κ2) is 13.8. The van der Waals surface area contributed by atoms with Crippen LogP contribution in [-0.4, -0.2) is 70.2 Å². The quantitative estimate of drug-likeness (QED) is 0.137. The van der Waals surface area contributed by atoms with E-state index in [9.17, 15) is 29.5 Å². The molecule has 42 heavy (non-hydrogen) atoms. The number of aromatic amines is 1. The van der Waals surface area contributed by atoms with Crippen LogP contribution in [0, 0.1) is 28.5 Å². The highest BCUT2D eigenvalue weighted by atomic mass is 19.1. The largest absolute Gasteiger partial charge is 0.457 e. The second-order valence-electron chi connectivity index (χ2n) is 10.6. The van der Waals surface area contributed by atoms with Crippen LogP contribution in [0.15, 0.2) is 41.4 Å². The highest BCUT2D eigenvalue weighted by molar-refractivity contribution is 6.10. The number of halogens is 1. The number of benzene rings is 1. The maximum Gasteiger partial charge on any atom is 0.306 e. The van der Waals surface area contributed by atoms with E-state index in [4.69, 9.17) is 20.6 Å². The lowest BCUT2D eigenvalue weighted by Gasteiger charge is -2.25. The number of nitriles is 1. The Bertz CT molecular complexity index is 1330. The molecule has 2 aromatic rings. The van der Waals surface area contributed by atoms with Gasteiger partial charge >= 0.3 is 5.97 Å². The van der Waals surface area contributed by atoms with E-state index in [-0.39, 0.29) is 36.0 Å². The Hall–Kier alpha value is -3.96. The van der Waals surface area contributed by atoms with Crippen LogP contribution in [-0.2, 0) is 31.1 Å². The topological polar surface area (TPSA) is 207 Å². The number of aliphatic imine (C=N–C) groups is 1. The first-order chi connectivity index (χ1) is 20.2. The molecule has 224 valence electrons. The van der Waals surface area contributed by atoms with E-state index < -0.39 is 54.3 Å². The molecule has 4 rings (SSSR count). The molecule has 13 heteroatoms. The van der Waals surface area contributed by atoms with Crippen molar-refractivity contribution in [2.24, 2.45) is 16.6 Å². The predicted octanol–water partition coefficient (Wildman–Crippen LogP) is 1.55. The number of hydrogen-bond donors (Lipinski definition) is 6. The second-order valence-corrected chi connectivity index (χ2v) is 10.6. The third-order valence-electron chi connectivity index (χ3n) is 7.71. The number of esters is 1. The number of aromatic nitrogens is 1. The van der Waals surface area contributed by atoms with Crippen LogP contribution < -0.4 is 11.1 Å². The van der Waals surface area contributed by atoms with Crippen molar-refractivity contribution in [3.63, 3.8) is 0 Å². The van der Waals surface area contributed by atoms with Crippen molar-refractivity contribution in [3.8, 4) is 6.07 Å². The summed E-state index contributed by atoms with van der Waals surface area (Å²) >= 11 is 0. The van der Waals surface area contributed by atoms with Gasteiger partial charge in [-0.05, 0) is 55.0 Å². The summed E-state index contributed by atoms with van der Waals surface area (Å²) in [5.41, 5.74) is 4.85. The molecule has 0 spiro atoms. The van der Waals surface area contributed by atoms with Gasteiger partial charge in [0.25, 0.3) is 0 Å². The molecule has 5 atom stereocenters. The molecule has 7 N–H and O–H groups in total. The van der Waals surface area contributed by atoms with Crippen LogP contribution >= 0.6 is 0 Å². The van der Waals surface area contributed by atoms with Gasteiger partial charge in [-0.25, -0.2) is 9.38 Å². The Morgan fingerprint density at radius 2 is 2.00 bits per heavy atom. The van der Waals surface area contributed by atoms with E-state index in [1.165, 1.54) is 36.4 Å². The summed E-state index contributed by atoms with van der Waals surface area (Å²) in [6.07, 6.45) is 1.94. The van der Waals surface area contributed by atoms with Crippen molar-refractivity contribution < 1.29 is 33.7 Å². The molecule has 1 aliphatic heterocycles. The van der Waals surface area contributed by atoms with Crippen molar-refractivity contribution in [2.75, 3.05) is 6.61 Å². The molecule has 1 aromatic carbocycles. The molecular weight excluding hydrogens is 547 g/mol. The number of ether oxygens (including phenoxy) is 2. The zero-order valence-corrected chi connectivity index (χ0v) is 23.0. The van der Waals surface area contributed by atoms with Gasteiger partial charge in [0.05, 0.1) is 24.0 Å². The molecule has 0 bridgehead atoms. The average Bonchev–Trinajstić information content (AvgIpc) is 3.58. The molecule has 1 aromatic heterocycles. The molecule has 1 saturated heterocycles. The monoisotopic (exact) mass is 582 g/mol. The highest BCUT2D eigenvalue weighted by Crippen LogP contribution is 2.41. The van der Waals surface area contributed by atoms with Crippen LogP contribution in [0.2, 0.25) is 0 Å². The number of aliphatic hydroxyl groups excluding tert-OH is 2. The first-order valence-electron chi connectivity index (χ1n) is 13.9. The minimum atomic E-state index is -2.04. The molecule has 1 aliphatic carbocycles. The summed E-state index contributed by atoms with van der Waals surface area (Å²) in [6, 6.07) is 9.34. The van der Waals surface area contributed by atoms with Gasteiger partial charge in [-0.15, -0.1) is 0 Å². The molecule has 2 heterocycles. The fraction of sp³-hybridized carbons (Fsp3) is 0.483. The molecule has 0 unspecified atom stereocenters. The number of amidine groups is 1. The number of amides is 1. The Balaban J connectivity index is 1.48. The maximum atomic E-state index is 13.2. The SMILES string of the molecule is N#C[C@@]1(c2ccc(C(=NC=N)NC(=O)[C@@H](N)Cc3ccc(F)cc3)[nH]2)O[C@H](CO)[C@@H](OC(=O)CC2CCCCC2)[C@H]1O. The van der Waals surface area contributed by atoms with Gasteiger partial charge in [-0.1, -0.05) is 31.4 Å². The van der Waals surface area contributed by atoms with Gasteiger partial charge in [0.15, 0.2) is 11.9 Å². The molecule has 1 saturated carbocycles. The first kappa shape index (κ1) is 31.0. The Kier molecular flexibility index (Phi) is 10.2. The van der Waals surface area contributed by atoms with E-state index in [1.54, 1.807) is 0 Å². The molecular formula is C29H35FN6O6. The minimum Gasteiger partial charge on any atom is -0.457 e. The van der Waals surface area contributed by atoms with Crippen molar-refractivity contribution in [2.45, 2.75) is 74.9 Å². The number of H-pyrrole nitrogens is 1. The first-order valence-corrected chi connectivity index (χ1v) is 13.9. The van der Waals surface area contributed by atoms with E-state index in [0.29, 0.717) is 11.9 Å². The zero-order chi connectivity index (χ0) is 30.3. The van der Waals surface area contributed by atoms with Crippen molar-refractivity contribution in [3.05, 3.63) is 59.2 Å². The van der Waals surface area contributed by atoms with Gasteiger partial charge in [0.2, 0.25) is 11.5 Å². The fourth-order valence-corrected chi connectivity index (χ4v) is 5.45. The third-order valence-corrected chi connectivity index (χ3v) is 7.71. The van der Waals surface area contributed by atoms with Crippen LogP contribution in [0.1, 0.15) is 55.5 Å². The summed E-state index contributed by atoms with van der Waals surface area (Å²) in [5, 5.41) is 41.2. The predicted molar refractivity (Wildman–Crippen MR) is 149 cm³/mol. The number of rotatable bonds is 10. The third kappa shape index (κ3) is 6.91. The number of nitrogens with zero attached hydrogens (tertiary/aromatic N) is 2. The number of carbonyl (C=O) groups is 2. The van der Waals surface area contributed by atoms with Gasteiger partial charge < -0.3 is 35.7 Å². The van der Waals surface area contributed by atoms with Gasteiger partial charge in [-0.2, -0.15) is 5.26 Å². The molecule has 12 nitrogen and oxygen atoms in total. The molecule has 1 amide bonds. The van der Waals surface area contributed by atoms with Crippen molar-refractivity contribution in [1.82, 2.24) is 10.3 Å². The molecule has 2 aliphatic rings. The van der Waals surface area contributed by atoms with E-state index in [1.807, 2.05) is 6.07 Å². The lowest BCUT2D eigenvalue weighted by atomic mass is 9.87. The van der Waals surface area contributed by atoms with Crippen LogP contribution in [0.3, 0.4) is 0 Å².